The van der Waals surface area contributed by atoms with Crippen LogP contribution in [-0.2, 0) is 11.3 Å². The van der Waals surface area contributed by atoms with Gasteiger partial charge < -0.3 is 10.1 Å². The Bertz CT molecular complexity index is 478. The summed E-state index contributed by atoms with van der Waals surface area (Å²) in [7, 11) is 0. The number of nitrogens with zero attached hydrogens (tertiary/aromatic N) is 1. The van der Waals surface area contributed by atoms with Crippen LogP contribution in [0.5, 0.6) is 0 Å². The molecule has 1 aromatic carbocycles. The Morgan fingerprint density at radius 2 is 2.33 bits per heavy atom. The van der Waals surface area contributed by atoms with Crippen LogP contribution < -0.4 is 5.32 Å². The van der Waals surface area contributed by atoms with Gasteiger partial charge in [0.25, 0.3) is 0 Å². The highest BCUT2D eigenvalue weighted by Crippen LogP contribution is 2.25. The number of nitriles is 1. The van der Waals surface area contributed by atoms with Gasteiger partial charge in [0.15, 0.2) is 0 Å². The van der Waals surface area contributed by atoms with E-state index in [0.29, 0.717) is 0 Å². The number of aryl methyl sites for hydroxylation is 1. The molecule has 0 aliphatic carbocycles. The molecule has 1 saturated heterocycles. The van der Waals surface area contributed by atoms with E-state index >= 15 is 0 Å². The Balaban J connectivity index is 2.05. The summed E-state index contributed by atoms with van der Waals surface area (Å²) in [5.41, 5.74) is 3.19. The van der Waals surface area contributed by atoms with E-state index in [4.69, 9.17) is 10.00 Å². The van der Waals surface area contributed by atoms with Crippen LogP contribution in [0.1, 0.15) is 37.0 Å². The SMILES string of the molecule is Cc1cc(C#N)ccc1CNC1(C)CCOC1C. The maximum Gasteiger partial charge on any atom is 0.0991 e. The summed E-state index contributed by atoms with van der Waals surface area (Å²) >= 11 is 0. The molecule has 1 aliphatic rings. The van der Waals surface area contributed by atoms with Crippen molar-refractivity contribution in [2.24, 2.45) is 0 Å². The molecule has 3 heteroatoms. The molecule has 96 valence electrons. The summed E-state index contributed by atoms with van der Waals surface area (Å²) in [6, 6.07) is 8.01. The first kappa shape index (κ1) is 13.1. The van der Waals surface area contributed by atoms with Crippen molar-refractivity contribution < 1.29 is 4.74 Å². The topological polar surface area (TPSA) is 45.0 Å². The van der Waals surface area contributed by atoms with Crippen LogP contribution in [0.3, 0.4) is 0 Å². The number of nitrogens with one attached hydrogen (secondary N) is 1. The monoisotopic (exact) mass is 244 g/mol. The zero-order chi connectivity index (χ0) is 13.2. The van der Waals surface area contributed by atoms with Gasteiger partial charge in [-0.2, -0.15) is 5.26 Å². The summed E-state index contributed by atoms with van der Waals surface area (Å²) < 4.78 is 5.62. The summed E-state index contributed by atoms with van der Waals surface area (Å²) in [4.78, 5) is 0. The molecule has 3 nitrogen and oxygen atoms in total. The maximum atomic E-state index is 8.85. The first-order chi connectivity index (χ1) is 8.55. The van der Waals surface area contributed by atoms with Gasteiger partial charge in [-0.05, 0) is 50.5 Å². The van der Waals surface area contributed by atoms with E-state index in [1.807, 2.05) is 18.2 Å². The molecule has 1 heterocycles. The third kappa shape index (κ3) is 2.55. The molecule has 2 rings (SSSR count). The highest BCUT2D eigenvalue weighted by Gasteiger charge is 2.36. The minimum atomic E-state index is 0.0559. The van der Waals surface area contributed by atoms with Crippen LogP contribution in [0.4, 0.5) is 0 Å². The van der Waals surface area contributed by atoms with Crippen molar-refractivity contribution in [1.82, 2.24) is 5.32 Å². The van der Waals surface area contributed by atoms with E-state index < -0.39 is 0 Å². The van der Waals surface area contributed by atoms with Gasteiger partial charge in [-0.1, -0.05) is 6.07 Å². The van der Waals surface area contributed by atoms with Crippen molar-refractivity contribution in [3.05, 3.63) is 34.9 Å². The lowest BCUT2D eigenvalue weighted by molar-refractivity contribution is 0.0881. The van der Waals surface area contributed by atoms with Crippen molar-refractivity contribution in [3.8, 4) is 6.07 Å². The normalized spacial score (nSPS) is 27.1. The molecule has 1 N–H and O–H groups in total. The van der Waals surface area contributed by atoms with E-state index in [0.717, 1.165) is 30.7 Å². The molecule has 0 amide bonds. The van der Waals surface area contributed by atoms with Gasteiger partial charge in [-0.25, -0.2) is 0 Å². The van der Waals surface area contributed by atoms with Gasteiger partial charge in [0.05, 0.1) is 17.7 Å². The number of hydrogen-bond donors (Lipinski definition) is 1. The molecule has 2 unspecified atom stereocenters. The summed E-state index contributed by atoms with van der Waals surface area (Å²) in [5, 5.41) is 12.4. The van der Waals surface area contributed by atoms with E-state index in [9.17, 15) is 0 Å². The Morgan fingerprint density at radius 3 is 2.89 bits per heavy atom. The molecule has 0 radical (unpaired) electrons. The number of hydrogen-bond acceptors (Lipinski definition) is 3. The predicted octanol–water partition coefficient (Wildman–Crippen LogP) is 2.52. The maximum absolute atomic E-state index is 8.85. The van der Waals surface area contributed by atoms with E-state index in [1.54, 1.807) is 0 Å². The average molecular weight is 244 g/mol. The van der Waals surface area contributed by atoms with Gasteiger partial charge in [0, 0.05) is 18.7 Å². The Kier molecular flexibility index (Phi) is 3.70. The quantitative estimate of drug-likeness (QED) is 0.888. The molecule has 0 spiro atoms. The fraction of sp³-hybridized carbons (Fsp3) is 0.533. The minimum absolute atomic E-state index is 0.0559. The van der Waals surface area contributed by atoms with Crippen molar-refractivity contribution in [2.75, 3.05) is 6.61 Å². The molecule has 0 saturated carbocycles. The number of ether oxygens (including phenoxy) is 1. The summed E-state index contributed by atoms with van der Waals surface area (Å²) in [6.07, 6.45) is 1.29. The molecule has 2 atom stereocenters. The Morgan fingerprint density at radius 1 is 1.56 bits per heavy atom. The Labute approximate surface area is 109 Å². The van der Waals surface area contributed by atoms with Gasteiger partial charge in [0.1, 0.15) is 0 Å². The van der Waals surface area contributed by atoms with Crippen LogP contribution in [-0.4, -0.2) is 18.2 Å². The second-order valence-corrected chi connectivity index (χ2v) is 5.29. The molecule has 1 aromatic rings. The number of benzene rings is 1. The molecule has 0 bridgehead atoms. The van der Waals surface area contributed by atoms with Crippen molar-refractivity contribution in [3.63, 3.8) is 0 Å². The lowest BCUT2D eigenvalue weighted by Crippen LogP contribution is -2.47. The van der Waals surface area contributed by atoms with E-state index in [1.165, 1.54) is 5.56 Å². The first-order valence-electron chi connectivity index (χ1n) is 6.41. The van der Waals surface area contributed by atoms with Gasteiger partial charge in [-0.3, -0.25) is 0 Å². The van der Waals surface area contributed by atoms with Crippen molar-refractivity contribution in [1.29, 1.82) is 5.26 Å². The van der Waals surface area contributed by atoms with Crippen LogP contribution in [0, 0.1) is 18.3 Å². The largest absolute Gasteiger partial charge is 0.377 e. The third-order valence-electron chi connectivity index (χ3n) is 4.04. The summed E-state index contributed by atoms with van der Waals surface area (Å²) in [5.74, 6) is 0. The second kappa shape index (κ2) is 5.09. The smallest absolute Gasteiger partial charge is 0.0991 e. The first-order valence-corrected chi connectivity index (χ1v) is 6.41. The standard InChI is InChI=1S/C15H20N2O/c1-11-8-13(9-16)4-5-14(11)10-17-15(3)6-7-18-12(15)2/h4-5,8,12,17H,6-7,10H2,1-3H3. The highest BCUT2D eigenvalue weighted by atomic mass is 16.5. The zero-order valence-corrected chi connectivity index (χ0v) is 11.3. The Hall–Kier alpha value is -1.37. The molecule has 18 heavy (non-hydrogen) atoms. The lowest BCUT2D eigenvalue weighted by Gasteiger charge is -2.29. The lowest BCUT2D eigenvalue weighted by atomic mass is 9.94. The molecule has 1 fully saturated rings. The van der Waals surface area contributed by atoms with Crippen molar-refractivity contribution in [2.45, 2.75) is 45.4 Å². The van der Waals surface area contributed by atoms with Crippen LogP contribution in [0.2, 0.25) is 0 Å². The minimum Gasteiger partial charge on any atom is -0.377 e. The second-order valence-electron chi connectivity index (χ2n) is 5.29. The fourth-order valence-electron chi connectivity index (χ4n) is 2.33. The van der Waals surface area contributed by atoms with Crippen LogP contribution >= 0.6 is 0 Å². The van der Waals surface area contributed by atoms with Gasteiger partial charge in [0.2, 0.25) is 0 Å². The fourth-order valence-corrected chi connectivity index (χ4v) is 2.33. The predicted molar refractivity (Wildman–Crippen MR) is 71.2 cm³/mol. The van der Waals surface area contributed by atoms with Gasteiger partial charge in [-0.15, -0.1) is 0 Å². The molecular weight excluding hydrogens is 224 g/mol. The van der Waals surface area contributed by atoms with E-state index in [2.05, 4.69) is 32.2 Å². The van der Waals surface area contributed by atoms with Crippen LogP contribution in [0.25, 0.3) is 0 Å². The third-order valence-corrected chi connectivity index (χ3v) is 4.04. The zero-order valence-electron chi connectivity index (χ0n) is 11.3. The average Bonchev–Trinajstić information content (AvgIpc) is 2.68. The van der Waals surface area contributed by atoms with Crippen molar-refractivity contribution >= 4 is 0 Å². The highest BCUT2D eigenvalue weighted by molar-refractivity contribution is 5.37. The molecular formula is C15H20N2O. The molecule has 1 aliphatic heterocycles. The molecule has 0 aromatic heterocycles. The van der Waals surface area contributed by atoms with Gasteiger partial charge >= 0.3 is 0 Å². The van der Waals surface area contributed by atoms with Crippen LogP contribution in [0.15, 0.2) is 18.2 Å². The number of rotatable bonds is 3. The van der Waals surface area contributed by atoms with E-state index in [-0.39, 0.29) is 11.6 Å². The summed E-state index contributed by atoms with van der Waals surface area (Å²) in [6.45, 7) is 8.03.